The van der Waals surface area contributed by atoms with Crippen LogP contribution in [0.4, 0.5) is 11.5 Å². The van der Waals surface area contributed by atoms with Crippen molar-refractivity contribution >= 4 is 34.2 Å². The van der Waals surface area contributed by atoms with Gasteiger partial charge in [-0.1, -0.05) is 13.8 Å². The summed E-state index contributed by atoms with van der Waals surface area (Å²) in [5, 5.41) is 6.90. The Hall–Kier alpha value is -2.71. The van der Waals surface area contributed by atoms with Crippen LogP contribution in [0.15, 0.2) is 24.3 Å². The number of ether oxygens (including phenoxy) is 1. The average Bonchev–Trinajstić information content (AvgIpc) is 2.86. The zero-order chi connectivity index (χ0) is 25.5. The zero-order valence-electron chi connectivity index (χ0n) is 22.0. The number of nitrogens with zero attached hydrogens (tertiary/aromatic N) is 3. The number of morpholine rings is 1. The van der Waals surface area contributed by atoms with E-state index in [1.165, 1.54) is 6.42 Å². The fourth-order valence-corrected chi connectivity index (χ4v) is 5.36. The first kappa shape index (κ1) is 26.4. The van der Waals surface area contributed by atoms with Crippen molar-refractivity contribution in [3.05, 3.63) is 29.8 Å². The summed E-state index contributed by atoms with van der Waals surface area (Å²) in [5.74, 6) is 2.13. The third kappa shape index (κ3) is 7.40. The molecule has 4 rings (SSSR count). The van der Waals surface area contributed by atoms with Crippen LogP contribution in [0.5, 0.6) is 0 Å². The lowest BCUT2D eigenvalue weighted by Gasteiger charge is -2.36. The van der Waals surface area contributed by atoms with Gasteiger partial charge in [0.15, 0.2) is 0 Å². The van der Waals surface area contributed by atoms with Crippen LogP contribution < -0.4 is 15.5 Å². The molecule has 0 unspecified atom stereocenters. The highest BCUT2D eigenvalue weighted by Crippen LogP contribution is 2.29. The number of nitrogens with one attached hydrogen (secondary N) is 2. The summed E-state index contributed by atoms with van der Waals surface area (Å²) in [4.78, 5) is 34.3. The maximum Gasteiger partial charge on any atom is 0.224 e. The number of pyridine rings is 1. The van der Waals surface area contributed by atoms with Gasteiger partial charge < -0.3 is 20.3 Å². The molecule has 0 aliphatic carbocycles. The molecule has 2 N–H and O–H groups in total. The van der Waals surface area contributed by atoms with Gasteiger partial charge >= 0.3 is 0 Å². The van der Waals surface area contributed by atoms with E-state index in [1.807, 2.05) is 18.2 Å². The van der Waals surface area contributed by atoms with Crippen LogP contribution in [0.2, 0.25) is 0 Å². The van der Waals surface area contributed by atoms with Gasteiger partial charge in [0, 0.05) is 56.6 Å². The van der Waals surface area contributed by atoms with E-state index in [1.54, 1.807) is 0 Å². The molecule has 0 saturated carbocycles. The molecule has 2 aliphatic rings. The minimum atomic E-state index is -0.156. The summed E-state index contributed by atoms with van der Waals surface area (Å²) in [7, 11) is 0. The maximum atomic E-state index is 12.5. The van der Waals surface area contributed by atoms with Crippen molar-refractivity contribution in [3.8, 4) is 0 Å². The van der Waals surface area contributed by atoms with E-state index in [2.05, 4.69) is 47.3 Å². The summed E-state index contributed by atoms with van der Waals surface area (Å²) in [6.45, 7) is 13.9. The van der Waals surface area contributed by atoms with Crippen molar-refractivity contribution in [2.75, 3.05) is 62.7 Å². The molecule has 0 bridgehead atoms. The standard InChI is InChI=1S/C28H41N5O3/c1-20-15-21(2)19-33(18-20)26-16-22(3)24-17-23(5-6-25(24)31-26)30-28(35)8-7-27(34)29-9-4-10-32-11-13-36-14-12-32/h5-6,16-17,20-21H,4,7-15,18-19H2,1-3H3,(H,29,34)(H,30,35)/t20-,21-/m1/s1. The number of aromatic nitrogens is 1. The minimum absolute atomic E-state index is 0.0837. The van der Waals surface area contributed by atoms with Crippen molar-refractivity contribution in [2.24, 2.45) is 11.8 Å². The van der Waals surface area contributed by atoms with Crippen molar-refractivity contribution in [1.29, 1.82) is 0 Å². The number of rotatable bonds is 9. The van der Waals surface area contributed by atoms with Gasteiger partial charge in [-0.05, 0) is 68.0 Å². The second kappa shape index (κ2) is 12.5. The van der Waals surface area contributed by atoms with Gasteiger partial charge in [0.2, 0.25) is 11.8 Å². The van der Waals surface area contributed by atoms with Crippen LogP contribution in [0, 0.1) is 18.8 Å². The Balaban J connectivity index is 1.24. The third-order valence-corrected chi connectivity index (χ3v) is 7.13. The number of anilines is 2. The molecular formula is C28H41N5O3. The van der Waals surface area contributed by atoms with Crippen LogP contribution in [-0.2, 0) is 14.3 Å². The molecule has 2 amide bonds. The highest BCUT2D eigenvalue weighted by Gasteiger charge is 2.23. The molecule has 2 atom stereocenters. The number of piperidine rings is 1. The Morgan fingerprint density at radius 3 is 2.53 bits per heavy atom. The lowest BCUT2D eigenvalue weighted by Crippen LogP contribution is -2.39. The van der Waals surface area contributed by atoms with Gasteiger partial charge in [0.1, 0.15) is 5.82 Å². The fraction of sp³-hybridized carbons (Fsp3) is 0.607. The summed E-state index contributed by atoms with van der Waals surface area (Å²) >= 11 is 0. The van der Waals surface area contributed by atoms with Crippen molar-refractivity contribution in [1.82, 2.24) is 15.2 Å². The lowest BCUT2D eigenvalue weighted by molar-refractivity contribution is -0.124. The number of hydrogen-bond acceptors (Lipinski definition) is 6. The molecule has 1 aromatic carbocycles. The van der Waals surface area contributed by atoms with Gasteiger partial charge in [-0.3, -0.25) is 14.5 Å². The van der Waals surface area contributed by atoms with Crippen molar-refractivity contribution in [3.63, 3.8) is 0 Å². The largest absolute Gasteiger partial charge is 0.379 e. The Kier molecular flexibility index (Phi) is 9.15. The molecule has 1 aromatic heterocycles. The van der Waals surface area contributed by atoms with Gasteiger partial charge in [0.25, 0.3) is 0 Å². The van der Waals surface area contributed by atoms with Crippen LogP contribution >= 0.6 is 0 Å². The summed E-state index contributed by atoms with van der Waals surface area (Å²) in [5.41, 5.74) is 2.81. The van der Waals surface area contributed by atoms with Gasteiger partial charge in [-0.25, -0.2) is 4.98 Å². The van der Waals surface area contributed by atoms with Crippen LogP contribution in [0.3, 0.4) is 0 Å². The second-order valence-corrected chi connectivity index (χ2v) is 10.6. The summed E-state index contributed by atoms with van der Waals surface area (Å²) in [6.07, 6.45) is 2.52. The molecule has 3 heterocycles. The number of fused-ring (bicyclic) bond motifs is 1. The normalized spacial score (nSPS) is 20.9. The quantitative estimate of drug-likeness (QED) is 0.517. The fourth-order valence-electron chi connectivity index (χ4n) is 5.36. The second-order valence-electron chi connectivity index (χ2n) is 10.6. The number of carbonyl (C=O) groups is 2. The number of carbonyl (C=O) groups excluding carboxylic acids is 2. The molecule has 2 aliphatic heterocycles. The molecule has 196 valence electrons. The highest BCUT2D eigenvalue weighted by molar-refractivity contribution is 5.96. The molecular weight excluding hydrogens is 454 g/mol. The Morgan fingerprint density at radius 1 is 1.06 bits per heavy atom. The number of aryl methyl sites for hydroxylation is 1. The molecule has 8 nitrogen and oxygen atoms in total. The van der Waals surface area contributed by atoms with Gasteiger partial charge in [0.05, 0.1) is 18.7 Å². The van der Waals surface area contributed by atoms with E-state index in [9.17, 15) is 9.59 Å². The SMILES string of the molecule is Cc1cc(N2C[C@H](C)C[C@@H](C)C2)nc2ccc(NC(=O)CCC(=O)NCCCN3CCOCC3)cc12. The Labute approximate surface area is 214 Å². The topological polar surface area (TPSA) is 86.8 Å². The van der Waals surface area contributed by atoms with E-state index in [0.717, 1.165) is 80.3 Å². The van der Waals surface area contributed by atoms with Crippen LogP contribution in [-0.4, -0.2) is 74.2 Å². The van der Waals surface area contributed by atoms with E-state index >= 15 is 0 Å². The Bertz CT molecular complexity index is 1040. The van der Waals surface area contributed by atoms with E-state index in [-0.39, 0.29) is 24.7 Å². The molecule has 36 heavy (non-hydrogen) atoms. The Morgan fingerprint density at radius 2 is 1.78 bits per heavy atom. The zero-order valence-corrected chi connectivity index (χ0v) is 22.0. The van der Waals surface area contributed by atoms with Crippen LogP contribution in [0.25, 0.3) is 10.9 Å². The first-order chi connectivity index (χ1) is 17.4. The summed E-state index contributed by atoms with van der Waals surface area (Å²) in [6, 6.07) is 8.00. The average molecular weight is 496 g/mol. The van der Waals surface area contributed by atoms with Gasteiger partial charge in [-0.2, -0.15) is 0 Å². The number of amides is 2. The van der Waals surface area contributed by atoms with E-state index in [4.69, 9.17) is 9.72 Å². The molecule has 0 radical (unpaired) electrons. The summed E-state index contributed by atoms with van der Waals surface area (Å²) < 4.78 is 5.35. The lowest BCUT2D eigenvalue weighted by atomic mass is 9.92. The molecule has 2 aromatic rings. The smallest absolute Gasteiger partial charge is 0.224 e. The van der Waals surface area contributed by atoms with Crippen molar-refractivity contribution < 1.29 is 14.3 Å². The molecule has 0 spiro atoms. The van der Waals surface area contributed by atoms with E-state index in [0.29, 0.717) is 18.4 Å². The minimum Gasteiger partial charge on any atom is -0.379 e. The monoisotopic (exact) mass is 495 g/mol. The first-order valence-corrected chi connectivity index (χ1v) is 13.4. The highest BCUT2D eigenvalue weighted by atomic mass is 16.5. The van der Waals surface area contributed by atoms with Crippen molar-refractivity contribution in [2.45, 2.75) is 46.5 Å². The van der Waals surface area contributed by atoms with E-state index < -0.39 is 0 Å². The third-order valence-electron chi connectivity index (χ3n) is 7.13. The van der Waals surface area contributed by atoms with Gasteiger partial charge in [-0.15, -0.1) is 0 Å². The first-order valence-electron chi connectivity index (χ1n) is 13.4. The molecule has 2 fully saturated rings. The number of benzene rings is 1. The predicted molar refractivity (Wildman–Crippen MR) is 144 cm³/mol. The maximum absolute atomic E-state index is 12.5. The molecule has 2 saturated heterocycles. The molecule has 8 heteroatoms. The predicted octanol–water partition coefficient (Wildman–Crippen LogP) is 3.58. The number of hydrogen-bond donors (Lipinski definition) is 2. The van der Waals surface area contributed by atoms with Crippen LogP contribution in [0.1, 0.15) is 45.1 Å².